The highest BCUT2D eigenvalue weighted by Gasteiger charge is 2.36. The van der Waals surface area contributed by atoms with Gasteiger partial charge < -0.3 is 15.3 Å². The topological polar surface area (TPSA) is 35.5 Å². The quantitative estimate of drug-likeness (QED) is 0.785. The molecule has 3 atom stereocenters. The van der Waals surface area contributed by atoms with Gasteiger partial charge in [-0.05, 0) is 64.3 Å². The summed E-state index contributed by atoms with van der Waals surface area (Å²) in [6, 6.07) is 1.53. The van der Waals surface area contributed by atoms with Crippen molar-refractivity contribution in [1.29, 1.82) is 0 Å². The Hall–Kier alpha value is -0.120. The third kappa shape index (κ3) is 3.55. The first-order chi connectivity index (χ1) is 9.70. The minimum atomic E-state index is -0.0667. The normalized spacial score (nSPS) is 34.5. The van der Waals surface area contributed by atoms with Crippen LogP contribution in [-0.2, 0) is 0 Å². The van der Waals surface area contributed by atoms with E-state index in [-0.39, 0.29) is 12.1 Å². The number of nitrogens with zero attached hydrogens (tertiary/aromatic N) is 1. The monoisotopic (exact) mass is 280 g/mol. The molecule has 0 aromatic carbocycles. The molecule has 1 heterocycles. The van der Waals surface area contributed by atoms with Gasteiger partial charge in [-0.15, -0.1) is 0 Å². The van der Waals surface area contributed by atoms with Crippen LogP contribution in [0.15, 0.2) is 0 Å². The smallest absolute Gasteiger partial charge is 0.0611 e. The molecule has 2 aliphatic carbocycles. The Labute approximate surface area is 124 Å². The summed E-state index contributed by atoms with van der Waals surface area (Å²) in [4.78, 5) is 2.75. The number of piperidine rings is 1. The number of likely N-dealkylation sites (tertiary alicyclic amines) is 1. The van der Waals surface area contributed by atoms with E-state index in [1.165, 1.54) is 57.9 Å². The van der Waals surface area contributed by atoms with Crippen LogP contribution in [0.5, 0.6) is 0 Å². The zero-order valence-corrected chi connectivity index (χ0v) is 13.1. The molecule has 3 nitrogen and oxygen atoms in total. The summed E-state index contributed by atoms with van der Waals surface area (Å²) >= 11 is 0. The Morgan fingerprint density at radius 1 is 1.10 bits per heavy atom. The third-order valence-electron chi connectivity index (χ3n) is 5.79. The first-order valence-electron chi connectivity index (χ1n) is 8.83. The van der Waals surface area contributed by atoms with E-state index in [4.69, 9.17) is 0 Å². The van der Waals surface area contributed by atoms with Gasteiger partial charge >= 0.3 is 0 Å². The van der Waals surface area contributed by atoms with Crippen molar-refractivity contribution in [2.24, 2.45) is 5.92 Å². The molecule has 3 aliphatic rings. The van der Waals surface area contributed by atoms with Crippen LogP contribution < -0.4 is 5.32 Å². The van der Waals surface area contributed by atoms with E-state index in [2.05, 4.69) is 17.1 Å². The lowest BCUT2D eigenvalue weighted by Crippen LogP contribution is -2.52. The van der Waals surface area contributed by atoms with Gasteiger partial charge in [-0.25, -0.2) is 0 Å². The minimum Gasteiger partial charge on any atom is -0.394 e. The fourth-order valence-electron chi connectivity index (χ4n) is 4.31. The zero-order valence-electron chi connectivity index (χ0n) is 13.1. The Kier molecular flexibility index (Phi) is 4.68. The lowest BCUT2D eigenvalue weighted by molar-refractivity contribution is 0.0474. The summed E-state index contributed by atoms with van der Waals surface area (Å²) in [5.41, 5.74) is -0.0667. The van der Waals surface area contributed by atoms with Gasteiger partial charge in [0.1, 0.15) is 0 Å². The molecular formula is C17H32N2O. The SMILES string of the molecule is CC(CO)(CCN1CCC[C@H]2CCCC[C@H]21)NC1CC1. The van der Waals surface area contributed by atoms with Crippen LogP contribution >= 0.6 is 0 Å². The summed E-state index contributed by atoms with van der Waals surface area (Å²) in [7, 11) is 0. The van der Waals surface area contributed by atoms with Gasteiger partial charge in [-0.2, -0.15) is 0 Å². The van der Waals surface area contributed by atoms with Crippen molar-refractivity contribution in [1.82, 2.24) is 10.2 Å². The van der Waals surface area contributed by atoms with E-state index in [1.807, 2.05) is 0 Å². The molecule has 2 N–H and O–H groups in total. The second kappa shape index (κ2) is 6.33. The standard InChI is InChI=1S/C17H32N2O/c1-17(13-20,18-15-8-9-15)10-12-19-11-4-6-14-5-2-3-7-16(14)19/h14-16,18,20H,2-13H2,1H3/t14-,16-,17?/m1/s1. The number of aliphatic hydroxyl groups excluding tert-OH is 1. The predicted molar refractivity (Wildman–Crippen MR) is 82.8 cm³/mol. The Morgan fingerprint density at radius 3 is 2.60 bits per heavy atom. The molecule has 0 bridgehead atoms. The lowest BCUT2D eigenvalue weighted by Gasteiger charge is -2.45. The summed E-state index contributed by atoms with van der Waals surface area (Å²) in [6.07, 6.45) is 12.3. The van der Waals surface area contributed by atoms with Crippen molar-refractivity contribution in [3.05, 3.63) is 0 Å². The highest BCUT2D eigenvalue weighted by molar-refractivity contribution is 4.94. The molecule has 1 unspecified atom stereocenters. The van der Waals surface area contributed by atoms with Gasteiger partial charge in [-0.1, -0.05) is 12.8 Å². The van der Waals surface area contributed by atoms with Crippen molar-refractivity contribution in [3.8, 4) is 0 Å². The Morgan fingerprint density at radius 2 is 1.85 bits per heavy atom. The van der Waals surface area contributed by atoms with Crippen molar-refractivity contribution in [3.63, 3.8) is 0 Å². The van der Waals surface area contributed by atoms with E-state index in [0.717, 1.165) is 24.9 Å². The molecule has 0 aromatic heterocycles. The molecular weight excluding hydrogens is 248 g/mol. The number of aliphatic hydroxyl groups is 1. The van der Waals surface area contributed by atoms with Gasteiger partial charge in [0.15, 0.2) is 0 Å². The van der Waals surface area contributed by atoms with Crippen LogP contribution in [0.3, 0.4) is 0 Å². The highest BCUT2D eigenvalue weighted by atomic mass is 16.3. The van der Waals surface area contributed by atoms with Crippen molar-refractivity contribution < 1.29 is 5.11 Å². The zero-order chi connectivity index (χ0) is 14.0. The molecule has 1 aliphatic heterocycles. The Bertz CT molecular complexity index is 316. The average Bonchev–Trinajstić information content (AvgIpc) is 3.29. The van der Waals surface area contributed by atoms with Gasteiger partial charge in [0.05, 0.1) is 6.61 Å². The molecule has 3 heteroatoms. The predicted octanol–water partition coefficient (Wildman–Crippen LogP) is 2.53. The van der Waals surface area contributed by atoms with E-state index >= 15 is 0 Å². The number of hydrogen-bond acceptors (Lipinski definition) is 3. The highest BCUT2D eigenvalue weighted by Crippen LogP contribution is 2.35. The Balaban J connectivity index is 1.52. The maximum absolute atomic E-state index is 9.74. The summed E-state index contributed by atoms with van der Waals surface area (Å²) in [6.45, 7) is 4.92. The van der Waals surface area contributed by atoms with Gasteiger partial charge in [-0.3, -0.25) is 0 Å². The van der Waals surface area contributed by atoms with E-state index in [0.29, 0.717) is 6.04 Å². The van der Waals surface area contributed by atoms with Crippen molar-refractivity contribution >= 4 is 0 Å². The first kappa shape index (κ1) is 14.8. The molecule has 0 amide bonds. The van der Waals surface area contributed by atoms with Crippen LogP contribution in [0.25, 0.3) is 0 Å². The maximum Gasteiger partial charge on any atom is 0.0611 e. The largest absolute Gasteiger partial charge is 0.394 e. The van der Waals surface area contributed by atoms with Crippen LogP contribution in [0.2, 0.25) is 0 Å². The number of hydrogen-bond donors (Lipinski definition) is 2. The van der Waals surface area contributed by atoms with Crippen molar-refractivity contribution in [2.75, 3.05) is 19.7 Å². The van der Waals surface area contributed by atoms with Crippen LogP contribution in [0.1, 0.15) is 64.7 Å². The van der Waals surface area contributed by atoms with E-state index < -0.39 is 0 Å². The molecule has 3 fully saturated rings. The van der Waals surface area contributed by atoms with Gasteiger partial charge in [0.2, 0.25) is 0 Å². The summed E-state index contributed by atoms with van der Waals surface area (Å²) in [5, 5.41) is 13.4. The minimum absolute atomic E-state index is 0.0667. The van der Waals surface area contributed by atoms with E-state index in [9.17, 15) is 5.11 Å². The molecule has 2 saturated carbocycles. The molecule has 20 heavy (non-hydrogen) atoms. The summed E-state index contributed by atoms with van der Waals surface area (Å²) < 4.78 is 0. The third-order valence-corrected chi connectivity index (χ3v) is 5.79. The number of nitrogens with one attached hydrogen (secondary N) is 1. The van der Waals surface area contributed by atoms with Crippen molar-refractivity contribution in [2.45, 2.75) is 82.3 Å². The molecule has 0 spiro atoms. The second-order valence-electron chi connectivity index (χ2n) is 7.68. The number of rotatable bonds is 6. The van der Waals surface area contributed by atoms with Gasteiger partial charge in [0, 0.05) is 24.2 Å². The van der Waals surface area contributed by atoms with Crippen LogP contribution in [-0.4, -0.2) is 47.3 Å². The first-order valence-corrected chi connectivity index (χ1v) is 8.83. The molecule has 116 valence electrons. The fraction of sp³-hybridized carbons (Fsp3) is 1.00. The lowest BCUT2D eigenvalue weighted by atomic mass is 9.78. The van der Waals surface area contributed by atoms with Crippen LogP contribution in [0.4, 0.5) is 0 Å². The molecule has 0 radical (unpaired) electrons. The summed E-state index contributed by atoms with van der Waals surface area (Å²) in [5.74, 6) is 0.967. The van der Waals surface area contributed by atoms with Crippen LogP contribution in [0, 0.1) is 5.92 Å². The molecule has 0 aromatic rings. The fourth-order valence-corrected chi connectivity index (χ4v) is 4.31. The molecule has 3 rings (SSSR count). The van der Waals surface area contributed by atoms with E-state index in [1.54, 1.807) is 0 Å². The van der Waals surface area contributed by atoms with Gasteiger partial charge in [0.25, 0.3) is 0 Å². The second-order valence-corrected chi connectivity index (χ2v) is 7.68. The maximum atomic E-state index is 9.74. The average molecular weight is 280 g/mol. The molecule has 1 saturated heterocycles. The number of fused-ring (bicyclic) bond motifs is 1.